The van der Waals surface area contributed by atoms with Gasteiger partial charge >= 0.3 is 5.97 Å². The Kier molecular flexibility index (Phi) is 4.52. The lowest BCUT2D eigenvalue weighted by atomic mass is 10.2. The average molecular weight is 249 g/mol. The zero-order chi connectivity index (χ0) is 12.8. The van der Waals surface area contributed by atoms with Crippen LogP contribution in [-0.2, 0) is 4.74 Å². The maximum Gasteiger partial charge on any atom is 0.356 e. The Morgan fingerprint density at radius 2 is 2.50 bits per heavy atom. The maximum absolute atomic E-state index is 11.4. The predicted octanol–water partition coefficient (Wildman–Crippen LogP) is 1.42. The number of hydrogen-bond donors (Lipinski definition) is 2. The van der Waals surface area contributed by atoms with E-state index < -0.39 is 0 Å². The van der Waals surface area contributed by atoms with Gasteiger partial charge in [-0.3, -0.25) is 0 Å². The fraction of sp³-hybridized carbons (Fsp3) is 0.538. The fourth-order valence-electron chi connectivity index (χ4n) is 2.00. The number of esters is 1. The third-order valence-electron chi connectivity index (χ3n) is 2.96. The normalized spacial score (nSPS) is 18.6. The molecule has 1 unspecified atom stereocenters. The van der Waals surface area contributed by atoms with Gasteiger partial charge in [0.1, 0.15) is 5.69 Å². The minimum absolute atomic E-state index is 0.349. The first-order valence-electron chi connectivity index (χ1n) is 6.40. The third kappa shape index (κ3) is 3.43. The van der Waals surface area contributed by atoms with Gasteiger partial charge < -0.3 is 15.4 Å². The van der Waals surface area contributed by atoms with Gasteiger partial charge in [-0.05, 0) is 38.4 Å². The molecular weight excluding hydrogens is 230 g/mol. The molecule has 5 heteroatoms. The lowest BCUT2D eigenvalue weighted by Crippen LogP contribution is -2.29. The van der Waals surface area contributed by atoms with E-state index in [1.54, 1.807) is 19.2 Å². The summed E-state index contributed by atoms with van der Waals surface area (Å²) in [5, 5.41) is 6.72. The number of pyridine rings is 1. The molecular formula is C13H19N3O2. The summed E-state index contributed by atoms with van der Waals surface area (Å²) in [6, 6.07) is 4.08. The standard InChI is InChI=1S/C13H19N3O2/c1-2-18-13(17)12-6-5-11(9-16-12)15-8-10-4-3-7-14-10/h5-6,9-10,14-15H,2-4,7-8H2,1H3. The second kappa shape index (κ2) is 6.35. The van der Waals surface area contributed by atoms with E-state index >= 15 is 0 Å². The van der Waals surface area contributed by atoms with Crippen molar-refractivity contribution in [3.05, 3.63) is 24.0 Å². The summed E-state index contributed by atoms with van der Waals surface area (Å²) >= 11 is 0. The van der Waals surface area contributed by atoms with Gasteiger partial charge in [-0.15, -0.1) is 0 Å². The van der Waals surface area contributed by atoms with Crippen LogP contribution in [0.1, 0.15) is 30.3 Å². The highest BCUT2D eigenvalue weighted by molar-refractivity contribution is 5.87. The highest BCUT2D eigenvalue weighted by Gasteiger charge is 2.13. The van der Waals surface area contributed by atoms with E-state index in [-0.39, 0.29) is 5.97 Å². The maximum atomic E-state index is 11.4. The van der Waals surface area contributed by atoms with Gasteiger partial charge in [0.25, 0.3) is 0 Å². The Hall–Kier alpha value is -1.62. The molecule has 0 amide bonds. The van der Waals surface area contributed by atoms with Crippen LogP contribution < -0.4 is 10.6 Å². The first-order chi connectivity index (χ1) is 8.79. The van der Waals surface area contributed by atoms with Gasteiger partial charge in [0, 0.05) is 12.6 Å². The van der Waals surface area contributed by atoms with Crippen molar-refractivity contribution in [2.45, 2.75) is 25.8 Å². The Bertz CT molecular complexity index is 386. The van der Waals surface area contributed by atoms with Crippen molar-refractivity contribution in [1.82, 2.24) is 10.3 Å². The second-order valence-corrected chi connectivity index (χ2v) is 4.33. The molecule has 1 atom stereocenters. The first-order valence-corrected chi connectivity index (χ1v) is 6.40. The summed E-state index contributed by atoms with van der Waals surface area (Å²) in [4.78, 5) is 15.5. The molecule has 5 nitrogen and oxygen atoms in total. The Balaban J connectivity index is 1.85. The zero-order valence-corrected chi connectivity index (χ0v) is 10.6. The summed E-state index contributed by atoms with van der Waals surface area (Å²) in [6.07, 6.45) is 4.12. The molecule has 1 aromatic rings. The lowest BCUT2D eigenvalue weighted by Gasteiger charge is -2.12. The monoisotopic (exact) mass is 249 g/mol. The molecule has 2 N–H and O–H groups in total. The van der Waals surface area contributed by atoms with Gasteiger partial charge in [0.15, 0.2) is 0 Å². The van der Waals surface area contributed by atoms with Crippen molar-refractivity contribution >= 4 is 11.7 Å². The van der Waals surface area contributed by atoms with E-state index in [2.05, 4.69) is 15.6 Å². The predicted molar refractivity (Wildman–Crippen MR) is 69.7 cm³/mol. The van der Waals surface area contributed by atoms with Crippen LogP contribution in [0.2, 0.25) is 0 Å². The summed E-state index contributed by atoms with van der Waals surface area (Å²) in [7, 11) is 0. The highest BCUT2D eigenvalue weighted by Crippen LogP contribution is 2.10. The smallest absolute Gasteiger partial charge is 0.356 e. The van der Waals surface area contributed by atoms with Crippen molar-refractivity contribution in [3.63, 3.8) is 0 Å². The van der Waals surface area contributed by atoms with Crippen LogP contribution in [0.25, 0.3) is 0 Å². The lowest BCUT2D eigenvalue weighted by molar-refractivity contribution is 0.0519. The van der Waals surface area contributed by atoms with E-state index in [4.69, 9.17) is 4.74 Å². The van der Waals surface area contributed by atoms with Crippen LogP contribution in [0.15, 0.2) is 18.3 Å². The van der Waals surface area contributed by atoms with Crippen LogP contribution >= 0.6 is 0 Å². The van der Waals surface area contributed by atoms with Gasteiger partial charge in [-0.25, -0.2) is 9.78 Å². The molecule has 0 aromatic carbocycles. The zero-order valence-electron chi connectivity index (χ0n) is 10.6. The van der Waals surface area contributed by atoms with Crippen molar-refractivity contribution in [3.8, 4) is 0 Å². The number of nitrogens with zero attached hydrogens (tertiary/aromatic N) is 1. The number of ether oxygens (including phenoxy) is 1. The third-order valence-corrected chi connectivity index (χ3v) is 2.96. The quantitative estimate of drug-likeness (QED) is 0.773. The molecule has 18 heavy (non-hydrogen) atoms. The van der Waals surface area contributed by atoms with Gasteiger partial charge in [-0.2, -0.15) is 0 Å². The average Bonchev–Trinajstić information content (AvgIpc) is 2.90. The van der Waals surface area contributed by atoms with E-state index in [1.165, 1.54) is 12.8 Å². The Morgan fingerprint density at radius 3 is 3.11 bits per heavy atom. The van der Waals surface area contributed by atoms with Crippen LogP contribution in [0.3, 0.4) is 0 Å². The molecule has 0 radical (unpaired) electrons. The molecule has 0 saturated carbocycles. The summed E-state index contributed by atoms with van der Waals surface area (Å²) in [6.45, 7) is 4.14. The Labute approximate surface area is 107 Å². The first kappa shape index (κ1) is 12.8. The summed E-state index contributed by atoms with van der Waals surface area (Å²) < 4.78 is 4.88. The van der Waals surface area contributed by atoms with Crippen LogP contribution in [0.4, 0.5) is 5.69 Å². The highest BCUT2D eigenvalue weighted by atomic mass is 16.5. The van der Waals surface area contributed by atoms with Crippen molar-refractivity contribution in [2.75, 3.05) is 25.0 Å². The number of rotatable bonds is 5. The number of nitrogens with one attached hydrogen (secondary N) is 2. The van der Waals surface area contributed by atoms with E-state index in [0.717, 1.165) is 18.8 Å². The van der Waals surface area contributed by atoms with Crippen molar-refractivity contribution in [1.29, 1.82) is 0 Å². The minimum atomic E-state index is -0.374. The van der Waals surface area contributed by atoms with Crippen LogP contribution in [-0.4, -0.2) is 36.7 Å². The number of carbonyl (C=O) groups is 1. The van der Waals surface area contributed by atoms with E-state index in [9.17, 15) is 4.79 Å². The molecule has 0 bridgehead atoms. The van der Waals surface area contributed by atoms with Crippen molar-refractivity contribution in [2.24, 2.45) is 0 Å². The van der Waals surface area contributed by atoms with Gasteiger partial charge in [0.05, 0.1) is 18.5 Å². The number of carbonyl (C=O) groups excluding carboxylic acids is 1. The fourth-order valence-corrected chi connectivity index (χ4v) is 2.00. The van der Waals surface area contributed by atoms with Crippen LogP contribution in [0, 0.1) is 0 Å². The number of hydrogen-bond acceptors (Lipinski definition) is 5. The molecule has 98 valence electrons. The van der Waals surface area contributed by atoms with Crippen LogP contribution in [0.5, 0.6) is 0 Å². The van der Waals surface area contributed by atoms with E-state index in [0.29, 0.717) is 18.3 Å². The molecule has 1 fully saturated rings. The number of aromatic nitrogens is 1. The van der Waals surface area contributed by atoms with Gasteiger partial charge in [-0.1, -0.05) is 0 Å². The number of anilines is 1. The molecule has 2 heterocycles. The van der Waals surface area contributed by atoms with Crippen molar-refractivity contribution < 1.29 is 9.53 Å². The molecule has 0 spiro atoms. The largest absolute Gasteiger partial charge is 0.461 e. The second-order valence-electron chi connectivity index (χ2n) is 4.33. The topological polar surface area (TPSA) is 63.2 Å². The molecule has 0 aliphatic carbocycles. The molecule has 1 aliphatic heterocycles. The van der Waals surface area contributed by atoms with Gasteiger partial charge in [0.2, 0.25) is 0 Å². The summed E-state index contributed by atoms with van der Waals surface area (Å²) in [5.74, 6) is -0.374. The Morgan fingerprint density at radius 1 is 1.61 bits per heavy atom. The van der Waals surface area contributed by atoms with E-state index in [1.807, 2.05) is 6.07 Å². The molecule has 1 saturated heterocycles. The summed E-state index contributed by atoms with van der Waals surface area (Å²) in [5.41, 5.74) is 1.28. The molecule has 1 aromatic heterocycles. The molecule has 1 aliphatic rings. The minimum Gasteiger partial charge on any atom is -0.461 e. The molecule has 2 rings (SSSR count). The SMILES string of the molecule is CCOC(=O)c1ccc(NCC2CCCN2)cn1.